The molecule has 0 radical (unpaired) electrons. The number of hydrogen-bond donors (Lipinski definition) is 1. The van der Waals surface area contributed by atoms with Gasteiger partial charge in [0.1, 0.15) is 6.04 Å². The Bertz CT molecular complexity index is 401. The molecule has 3 nitrogen and oxygen atoms in total. The first-order valence-electron chi connectivity index (χ1n) is 7.80. The largest absolute Gasteiger partial charge is 0.350 e. The highest BCUT2D eigenvalue weighted by atomic mass is 32.2. The van der Waals surface area contributed by atoms with Crippen molar-refractivity contribution in [2.24, 2.45) is 17.8 Å². The number of fused-ring (bicyclic) bond motifs is 2. The van der Waals surface area contributed by atoms with Gasteiger partial charge in [-0.15, -0.1) is 0 Å². The highest BCUT2D eigenvalue weighted by Gasteiger charge is 2.40. The van der Waals surface area contributed by atoms with Crippen LogP contribution in [0.4, 0.5) is 0 Å². The molecule has 0 unspecified atom stereocenters. The molecule has 2 bridgehead atoms. The molecule has 1 heterocycles. The van der Waals surface area contributed by atoms with Gasteiger partial charge in [-0.3, -0.25) is 9.69 Å². The van der Waals surface area contributed by atoms with Gasteiger partial charge in [0.25, 0.3) is 5.91 Å². The topological polar surface area (TPSA) is 32.3 Å². The molecule has 1 aliphatic heterocycles. The molecule has 0 spiro atoms. The Balaban J connectivity index is 1.50. The fourth-order valence-corrected chi connectivity index (χ4v) is 5.04. The molecule has 0 aromatic carbocycles. The van der Waals surface area contributed by atoms with Gasteiger partial charge in [0.05, 0.1) is 0 Å². The summed E-state index contributed by atoms with van der Waals surface area (Å²) in [7, 11) is 0. The lowest BCUT2D eigenvalue weighted by atomic mass is 9.86. The van der Waals surface area contributed by atoms with Gasteiger partial charge in [0, 0.05) is 6.54 Å². The fourth-order valence-electron chi connectivity index (χ4n) is 4.24. The van der Waals surface area contributed by atoms with Gasteiger partial charge in [-0.25, -0.2) is 0 Å². The lowest BCUT2D eigenvalue weighted by molar-refractivity contribution is -0.127. The Kier molecular flexibility index (Phi) is 4.55. The normalized spacial score (nSPS) is 36.0. The van der Waals surface area contributed by atoms with E-state index in [2.05, 4.69) is 11.6 Å². The number of thioether (sulfide) groups is 1. The molecule has 112 valence electrons. The Morgan fingerprint density at radius 3 is 2.85 bits per heavy atom. The summed E-state index contributed by atoms with van der Waals surface area (Å²) >= 11 is 7.12. The number of carbonyl (C=O) groups excluding carboxylic acids is 1. The van der Waals surface area contributed by atoms with E-state index in [-0.39, 0.29) is 11.9 Å². The predicted octanol–water partition coefficient (Wildman–Crippen LogP) is 2.65. The standard InChI is InChI=1S/C15H24N2OS2/c1-20-7-5-13-14(18)17(15(19)16-13)6-4-12-9-10-2-3-11(12)8-10/h10-13H,2-9H2,1H3,(H,16,19)/t10-,11-,12-,13-/m0/s1. The number of carbonyl (C=O) groups is 1. The first-order valence-corrected chi connectivity index (χ1v) is 9.60. The van der Waals surface area contributed by atoms with Crippen LogP contribution in [0.1, 0.15) is 38.5 Å². The van der Waals surface area contributed by atoms with E-state index in [1.165, 1.54) is 25.7 Å². The summed E-state index contributed by atoms with van der Waals surface area (Å²) in [5.74, 6) is 3.97. The molecule has 3 rings (SSSR count). The molecular formula is C15H24N2OS2. The van der Waals surface area contributed by atoms with E-state index in [1.54, 1.807) is 11.8 Å². The average Bonchev–Trinajstić information content (AvgIpc) is 3.11. The molecular weight excluding hydrogens is 288 g/mol. The first-order chi connectivity index (χ1) is 9.69. The third-order valence-electron chi connectivity index (χ3n) is 5.33. The molecule has 3 aliphatic rings. The second kappa shape index (κ2) is 6.22. The van der Waals surface area contributed by atoms with Gasteiger partial charge < -0.3 is 5.32 Å². The maximum Gasteiger partial charge on any atom is 0.251 e. The minimum absolute atomic E-state index is 0.0741. The van der Waals surface area contributed by atoms with Crippen LogP contribution >= 0.6 is 24.0 Å². The van der Waals surface area contributed by atoms with Gasteiger partial charge >= 0.3 is 0 Å². The van der Waals surface area contributed by atoms with Crippen LogP contribution in [0, 0.1) is 17.8 Å². The Labute approximate surface area is 131 Å². The summed E-state index contributed by atoms with van der Waals surface area (Å²) in [4.78, 5) is 14.2. The third kappa shape index (κ3) is 2.84. The van der Waals surface area contributed by atoms with Crippen LogP contribution < -0.4 is 5.32 Å². The van der Waals surface area contributed by atoms with E-state index < -0.39 is 0 Å². The maximum absolute atomic E-state index is 12.4. The van der Waals surface area contributed by atoms with Crippen LogP contribution in [0.25, 0.3) is 0 Å². The van der Waals surface area contributed by atoms with Crippen LogP contribution in [0.15, 0.2) is 0 Å². The van der Waals surface area contributed by atoms with E-state index in [4.69, 9.17) is 12.2 Å². The molecule has 1 amide bonds. The van der Waals surface area contributed by atoms with Crippen LogP contribution in [0.5, 0.6) is 0 Å². The summed E-state index contributed by atoms with van der Waals surface area (Å²) in [6.07, 6.45) is 9.79. The zero-order valence-electron chi connectivity index (χ0n) is 12.1. The summed E-state index contributed by atoms with van der Waals surface area (Å²) in [5, 5.41) is 3.85. The number of nitrogens with one attached hydrogen (secondary N) is 1. The van der Waals surface area contributed by atoms with Crippen LogP contribution in [0.2, 0.25) is 0 Å². The number of rotatable bonds is 6. The minimum atomic E-state index is -0.0741. The van der Waals surface area contributed by atoms with Gasteiger partial charge in [-0.1, -0.05) is 6.42 Å². The molecule has 1 saturated heterocycles. The molecule has 0 aromatic heterocycles. The number of nitrogens with zero attached hydrogens (tertiary/aromatic N) is 1. The fraction of sp³-hybridized carbons (Fsp3) is 0.867. The molecule has 3 fully saturated rings. The van der Waals surface area contributed by atoms with E-state index in [9.17, 15) is 4.79 Å². The molecule has 20 heavy (non-hydrogen) atoms. The van der Waals surface area contributed by atoms with Crippen molar-refractivity contribution < 1.29 is 4.79 Å². The molecule has 0 aromatic rings. The van der Waals surface area contributed by atoms with Crippen molar-refractivity contribution in [2.75, 3.05) is 18.6 Å². The summed E-state index contributed by atoms with van der Waals surface area (Å²) in [5.41, 5.74) is 0. The molecule has 1 N–H and O–H groups in total. The second-order valence-corrected chi connectivity index (χ2v) is 7.87. The van der Waals surface area contributed by atoms with E-state index >= 15 is 0 Å². The van der Waals surface area contributed by atoms with E-state index in [0.29, 0.717) is 5.11 Å². The first kappa shape index (κ1) is 14.6. The van der Waals surface area contributed by atoms with Crippen LogP contribution in [0.3, 0.4) is 0 Å². The summed E-state index contributed by atoms with van der Waals surface area (Å²) < 4.78 is 0. The Hall–Kier alpha value is -0.290. The van der Waals surface area contributed by atoms with E-state index in [1.807, 2.05) is 4.90 Å². The highest BCUT2D eigenvalue weighted by molar-refractivity contribution is 7.98. The van der Waals surface area contributed by atoms with Gasteiger partial charge in [0.15, 0.2) is 5.11 Å². The predicted molar refractivity (Wildman–Crippen MR) is 87.8 cm³/mol. The summed E-state index contributed by atoms with van der Waals surface area (Å²) in [6, 6.07) is -0.0741. The molecule has 4 atom stereocenters. The third-order valence-corrected chi connectivity index (χ3v) is 6.31. The van der Waals surface area contributed by atoms with Gasteiger partial charge in [0.2, 0.25) is 0 Å². The maximum atomic E-state index is 12.4. The second-order valence-electron chi connectivity index (χ2n) is 6.50. The Morgan fingerprint density at radius 1 is 1.35 bits per heavy atom. The van der Waals surface area contributed by atoms with Crippen molar-refractivity contribution in [2.45, 2.75) is 44.6 Å². The average molecular weight is 313 g/mol. The monoisotopic (exact) mass is 312 g/mol. The van der Waals surface area contributed by atoms with Crippen LogP contribution in [-0.2, 0) is 4.79 Å². The van der Waals surface area contributed by atoms with Crippen LogP contribution in [-0.4, -0.2) is 40.5 Å². The van der Waals surface area contributed by atoms with Crippen molar-refractivity contribution in [3.63, 3.8) is 0 Å². The Morgan fingerprint density at radius 2 is 2.20 bits per heavy atom. The van der Waals surface area contributed by atoms with Gasteiger partial charge in [-0.2, -0.15) is 11.8 Å². The van der Waals surface area contributed by atoms with Crippen molar-refractivity contribution in [3.8, 4) is 0 Å². The van der Waals surface area contributed by atoms with Crippen molar-refractivity contribution in [3.05, 3.63) is 0 Å². The molecule has 5 heteroatoms. The minimum Gasteiger partial charge on any atom is -0.350 e. The highest BCUT2D eigenvalue weighted by Crippen LogP contribution is 2.49. The molecule has 2 aliphatic carbocycles. The lowest BCUT2D eigenvalue weighted by Crippen LogP contribution is -2.33. The quantitative estimate of drug-likeness (QED) is 0.764. The lowest BCUT2D eigenvalue weighted by Gasteiger charge is -2.24. The van der Waals surface area contributed by atoms with E-state index in [0.717, 1.165) is 42.9 Å². The number of thiocarbonyl (C=S) groups is 1. The zero-order valence-corrected chi connectivity index (χ0v) is 13.8. The van der Waals surface area contributed by atoms with Crippen molar-refractivity contribution in [1.29, 1.82) is 0 Å². The smallest absolute Gasteiger partial charge is 0.251 e. The van der Waals surface area contributed by atoms with Crippen molar-refractivity contribution >= 4 is 35.0 Å². The number of amides is 1. The van der Waals surface area contributed by atoms with Crippen molar-refractivity contribution in [1.82, 2.24) is 10.2 Å². The SMILES string of the molecule is CSCC[C@@H]1NC(=S)N(CC[C@H]2C[C@H]3CC[C@H]2C3)C1=O. The number of hydrogen-bond acceptors (Lipinski definition) is 3. The summed E-state index contributed by atoms with van der Waals surface area (Å²) in [6.45, 7) is 0.828. The zero-order chi connectivity index (χ0) is 14.1. The van der Waals surface area contributed by atoms with Gasteiger partial charge in [-0.05, 0) is 74.1 Å². The molecule has 2 saturated carbocycles.